The van der Waals surface area contributed by atoms with E-state index in [1.165, 1.54) is 0 Å². The number of nitrogens with one attached hydrogen (secondary N) is 1. The summed E-state index contributed by atoms with van der Waals surface area (Å²) >= 11 is 0. The highest BCUT2D eigenvalue weighted by Gasteiger charge is 2.02. The van der Waals surface area contributed by atoms with Crippen molar-refractivity contribution in [3.8, 4) is 0 Å². The largest absolute Gasteiger partial charge is 0.360 e. The third-order valence-corrected chi connectivity index (χ3v) is 1.35. The minimum absolute atomic E-state index is 0.966. The lowest BCUT2D eigenvalue weighted by molar-refractivity contribution is 0.448. The molecular formula is C5H11N3. The van der Waals surface area contributed by atoms with Crippen LogP contribution in [0.5, 0.6) is 0 Å². The molecule has 1 aliphatic heterocycles. The van der Waals surface area contributed by atoms with E-state index in [2.05, 4.69) is 15.4 Å². The summed E-state index contributed by atoms with van der Waals surface area (Å²) in [5.41, 5.74) is 2.91. The molecule has 1 rings (SSSR count). The van der Waals surface area contributed by atoms with Crippen molar-refractivity contribution in [3.05, 3.63) is 0 Å². The van der Waals surface area contributed by atoms with Gasteiger partial charge in [-0.15, -0.1) is 0 Å². The summed E-state index contributed by atoms with van der Waals surface area (Å²) in [5.74, 6) is 1.07. The van der Waals surface area contributed by atoms with Crippen LogP contribution in [0.25, 0.3) is 0 Å². The first-order chi connectivity index (χ1) is 3.80. The average molecular weight is 113 g/mol. The summed E-state index contributed by atoms with van der Waals surface area (Å²) in [5, 5.41) is 4.00. The number of hydrogen-bond acceptors (Lipinski definition) is 3. The van der Waals surface area contributed by atoms with Gasteiger partial charge in [0.1, 0.15) is 5.84 Å². The molecule has 0 aromatic rings. The molecule has 0 spiro atoms. The standard InChI is InChI=1S/C5H11N3/c1-5-7-6-3-4-8(5)2/h6H,3-4H2,1-2H3. The van der Waals surface area contributed by atoms with E-state index in [1.807, 2.05) is 14.0 Å². The van der Waals surface area contributed by atoms with Crippen LogP contribution in [0.1, 0.15) is 6.92 Å². The van der Waals surface area contributed by atoms with Gasteiger partial charge in [0.25, 0.3) is 0 Å². The lowest BCUT2D eigenvalue weighted by atomic mass is 10.5. The Bertz CT molecular complexity index is 108. The van der Waals surface area contributed by atoms with Crippen LogP contribution in [0.15, 0.2) is 5.10 Å². The highest BCUT2D eigenvalue weighted by Crippen LogP contribution is 1.88. The first kappa shape index (κ1) is 5.41. The summed E-state index contributed by atoms with van der Waals surface area (Å²) in [7, 11) is 2.04. The molecule has 0 atom stereocenters. The third-order valence-electron chi connectivity index (χ3n) is 1.35. The summed E-state index contributed by atoms with van der Waals surface area (Å²) in [6, 6.07) is 0. The van der Waals surface area contributed by atoms with Crippen LogP contribution in [-0.2, 0) is 0 Å². The van der Waals surface area contributed by atoms with Gasteiger partial charge in [-0.1, -0.05) is 0 Å². The number of rotatable bonds is 0. The smallest absolute Gasteiger partial charge is 0.121 e. The molecule has 0 unspecified atom stereocenters. The van der Waals surface area contributed by atoms with E-state index in [0.717, 1.165) is 18.9 Å². The van der Waals surface area contributed by atoms with E-state index >= 15 is 0 Å². The summed E-state index contributed by atoms with van der Waals surface area (Å²) < 4.78 is 0. The van der Waals surface area contributed by atoms with Gasteiger partial charge in [-0.2, -0.15) is 5.10 Å². The zero-order valence-corrected chi connectivity index (χ0v) is 5.31. The molecule has 46 valence electrons. The number of amidine groups is 1. The van der Waals surface area contributed by atoms with Crippen LogP contribution in [0.2, 0.25) is 0 Å². The maximum absolute atomic E-state index is 4.00. The van der Waals surface area contributed by atoms with Gasteiger partial charge in [-0.05, 0) is 6.92 Å². The van der Waals surface area contributed by atoms with E-state index in [-0.39, 0.29) is 0 Å². The zero-order chi connectivity index (χ0) is 5.98. The molecule has 0 fully saturated rings. The average Bonchev–Trinajstić information content (AvgIpc) is 1.77. The highest BCUT2D eigenvalue weighted by atomic mass is 15.4. The van der Waals surface area contributed by atoms with Crippen LogP contribution >= 0.6 is 0 Å². The molecule has 0 aromatic heterocycles. The molecule has 0 bridgehead atoms. The van der Waals surface area contributed by atoms with Gasteiger partial charge in [0.05, 0.1) is 6.54 Å². The van der Waals surface area contributed by atoms with Crippen molar-refractivity contribution < 1.29 is 0 Å². The number of hydrazone groups is 1. The fraction of sp³-hybridized carbons (Fsp3) is 0.800. The Morgan fingerprint density at radius 2 is 2.50 bits per heavy atom. The first-order valence-electron chi connectivity index (χ1n) is 2.79. The summed E-state index contributed by atoms with van der Waals surface area (Å²) in [4.78, 5) is 2.12. The van der Waals surface area contributed by atoms with Crippen LogP contribution < -0.4 is 5.43 Å². The van der Waals surface area contributed by atoms with Crippen LogP contribution in [0.4, 0.5) is 0 Å². The van der Waals surface area contributed by atoms with Crippen molar-refractivity contribution in [3.63, 3.8) is 0 Å². The fourth-order valence-corrected chi connectivity index (χ4v) is 0.635. The van der Waals surface area contributed by atoms with Gasteiger partial charge >= 0.3 is 0 Å². The van der Waals surface area contributed by atoms with Gasteiger partial charge in [0.2, 0.25) is 0 Å². The van der Waals surface area contributed by atoms with Crippen LogP contribution in [0.3, 0.4) is 0 Å². The van der Waals surface area contributed by atoms with Gasteiger partial charge in [0, 0.05) is 13.6 Å². The molecule has 0 radical (unpaired) electrons. The second-order valence-corrected chi connectivity index (χ2v) is 1.99. The predicted octanol–water partition coefficient (Wildman–Crippen LogP) is -0.145. The molecule has 8 heavy (non-hydrogen) atoms. The Morgan fingerprint density at radius 1 is 1.75 bits per heavy atom. The Morgan fingerprint density at radius 3 is 2.88 bits per heavy atom. The molecule has 0 aromatic carbocycles. The van der Waals surface area contributed by atoms with E-state index in [1.54, 1.807) is 0 Å². The fourth-order valence-electron chi connectivity index (χ4n) is 0.635. The maximum Gasteiger partial charge on any atom is 0.121 e. The van der Waals surface area contributed by atoms with Crippen molar-refractivity contribution >= 4 is 5.84 Å². The molecule has 3 heteroatoms. The van der Waals surface area contributed by atoms with Crippen molar-refractivity contribution in [1.29, 1.82) is 0 Å². The SMILES string of the molecule is CC1=NNCCN1C. The number of hydrogen-bond donors (Lipinski definition) is 1. The molecular weight excluding hydrogens is 102 g/mol. The van der Waals surface area contributed by atoms with E-state index < -0.39 is 0 Å². The molecule has 0 aliphatic carbocycles. The molecule has 1 heterocycles. The van der Waals surface area contributed by atoms with Gasteiger partial charge in [-0.25, -0.2) is 0 Å². The third kappa shape index (κ3) is 0.911. The highest BCUT2D eigenvalue weighted by molar-refractivity contribution is 5.79. The minimum Gasteiger partial charge on any atom is -0.360 e. The normalized spacial score (nSPS) is 19.8. The Kier molecular flexibility index (Phi) is 1.37. The first-order valence-corrected chi connectivity index (χ1v) is 2.79. The van der Waals surface area contributed by atoms with Crippen LogP contribution in [-0.4, -0.2) is 30.9 Å². The Hall–Kier alpha value is -0.730. The lowest BCUT2D eigenvalue weighted by Crippen LogP contribution is -2.37. The topological polar surface area (TPSA) is 27.6 Å². The van der Waals surface area contributed by atoms with Crippen molar-refractivity contribution in [2.24, 2.45) is 5.10 Å². The van der Waals surface area contributed by atoms with E-state index in [4.69, 9.17) is 0 Å². The number of likely N-dealkylation sites (N-methyl/N-ethyl adjacent to an activating group) is 1. The van der Waals surface area contributed by atoms with E-state index in [0.29, 0.717) is 0 Å². The van der Waals surface area contributed by atoms with Crippen LogP contribution in [0, 0.1) is 0 Å². The maximum atomic E-state index is 4.00. The molecule has 0 amide bonds. The molecule has 1 N–H and O–H groups in total. The van der Waals surface area contributed by atoms with Crippen molar-refractivity contribution in [1.82, 2.24) is 10.3 Å². The molecule has 0 saturated carbocycles. The van der Waals surface area contributed by atoms with Gasteiger partial charge < -0.3 is 10.3 Å². The second kappa shape index (κ2) is 2.03. The van der Waals surface area contributed by atoms with Crippen molar-refractivity contribution in [2.75, 3.05) is 20.1 Å². The summed E-state index contributed by atoms with van der Waals surface area (Å²) in [6.07, 6.45) is 0. The molecule has 3 nitrogen and oxygen atoms in total. The quantitative estimate of drug-likeness (QED) is 0.473. The van der Waals surface area contributed by atoms with Gasteiger partial charge in [0.15, 0.2) is 0 Å². The summed E-state index contributed by atoms with van der Waals surface area (Å²) in [6.45, 7) is 4.02. The molecule has 0 saturated heterocycles. The zero-order valence-electron chi connectivity index (χ0n) is 5.31. The lowest BCUT2D eigenvalue weighted by Gasteiger charge is -2.22. The minimum atomic E-state index is 0.966. The van der Waals surface area contributed by atoms with E-state index in [9.17, 15) is 0 Å². The monoisotopic (exact) mass is 113 g/mol. The molecule has 1 aliphatic rings. The second-order valence-electron chi connectivity index (χ2n) is 1.99. The predicted molar refractivity (Wildman–Crippen MR) is 33.7 cm³/mol. The van der Waals surface area contributed by atoms with Crippen molar-refractivity contribution in [2.45, 2.75) is 6.92 Å². The number of nitrogens with zero attached hydrogens (tertiary/aromatic N) is 2. The van der Waals surface area contributed by atoms with Gasteiger partial charge in [-0.3, -0.25) is 0 Å². The Labute approximate surface area is 49.4 Å². The Balaban J connectivity index is 2.53.